The number of carbonyl (C=O) groups is 1. The summed E-state index contributed by atoms with van der Waals surface area (Å²) in [6.45, 7) is 3.22. The monoisotopic (exact) mass is 213 g/mol. The number of rotatable bonds is 4. The van der Waals surface area contributed by atoms with E-state index in [1.165, 1.54) is 6.92 Å². The van der Waals surface area contributed by atoms with Gasteiger partial charge < -0.3 is 10.8 Å². The van der Waals surface area contributed by atoms with Crippen molar-refractivity contribution in [3.63, 3.8) is 0 Å². The molecule has 3 nitrogen and oxygen atoms in total. The van der Waals surface area contributed by atoms with Gasteiger partial charge in [-0.3, -0.25) is 0 Å². The molecule has 0 aromatic rings. The summed E-state index contributed by atoms with van der Waals surface area (Å²) in [5.74, 6) is -2.40. The third-order valence-electron chi connectivity index (χ3n) is 2.25. The topological polar surface area (TPSA) is 63.3 Å². The molecule has 2 atom stereocenters. The molecule has 0 amide bonds. The lowest BCUT2D eigenvalue weighted by molar-refractivity contribution is -0.205. The Morgan fingerprint density at radius 3 is 2.14 bits per heavy atom. The van der Waals surface area contributed by atoms with Gasteiger partial charge in [-0.2, -0.15) is 13.2 Å². The summed E-state index contributed by atoms with van der Waals surface area (Å²) in [6, 6.07) is 0. The summed E-state index contributed by atoms with van der Waals surface area (Å²) in [5, 5.41) is 8.47. The largest absolute Gasteiger partial charge is 0.480 e. The highest BCUT2D eigenvalue weighted by atomic mass is 19.4. The Bertz CT molecular complexity index is 217. The van der Waals surface area contributed by atoms with Crippen LogP contribution in [0.3, 0.4) is 0 Å². The van der Waals surface area contributed by atoms with Gasteiger partial charge in [0.2, 0.25) is 5.54 Å². The normalized spacial score (nSPS) is 18.7. The van der Waals surface area contributed by atoms with Crippen LogP contribution in [0.2, 0.25) is 0 Å². The minimum Gasteiger partial charge on any atom is -0.480 e. The fourth-order valence-electron chi connectivity index (χ4n) is 1.02. The van der Waals surface area contributed by atoms with Crippen LogP contribution in [0, 0.1) is 5.92 Å². The molecule has 0 fully saturated rings. The maximum Gasteiger partial charge on any atom is 0.417 e. The zero-order chi connectivity index (χ0) is 11.6. The lowest BCUT2D eigenvalue weighted by atomic mass is 9.87. The van der Waals surface area contributed by atoms with Gasteiger partial charge in [0.1, 0.15) is 0 Å². The highest BCUT2D eigenvalue weighted by Gasteiger charge is 2.58. The molecule has 0 bridgehead atoms. The van der Waals surface area contributed by atoms with Crippen molar-refractivity contribution >= 4 is 5.97 Å². The molecule has 84 valence electrons. The molecule has 0 heterocycles. The molecule has 6 heteroatoms. The summed E-state index contributed by atoms with van der Waals surface area (Å²) in [6.07, 6.45) is -5.05. The molecular formula is C8H14F3NO2. The number of carboxylic acids is 1. The molecule has 14 heavy (non-hydrogen) atoms. The van der Waals surface area contributed by atoms with Crippen molar-refractivity contribution in [2.45, 2.75) is 38.4 Å². The first kappa shape index (κ1) is 13.2. The quantitative estimate of drug-likeness (QED) is 0.748. The van der Waals surface area contributed by atoms with Crippen LogP contribution in [0.25, 0.3) is 0 Å². The zero-order valence-electron chi connectivity index (χ0n) is 8.06. The molecule has 0 aliphatic heterocycles. The average Bonchev–Trinajstić information content (AvgIpc) is 2.01. The lowest BCUT2D eigenvalue weighted by Crippen LogP contribution is -2.60. The van der Waals surface area contributed by atoms with Crippen molar-refractivity contribution in [2.75, 3.05) is 0 Å². The Kier molecular flexibility index (Phi) is 3.93. The number of carboxylic acid groups (broad SMARTS) is 1. The fourth-order valence-corrected chi connectivity index (χ4v) is 1.02. The third kappa shape index (κ3) is 2.60. The molecule has 3 N–H and O–H groups in total. The van der Waals surface area contributed by atoms with E-state index < -0.39 is 24.1 Å². The van der Waals surface area contributed by atoms with Crippen LogP contribution in [-0.2, 0) is 4.79 Å². The Labute approximate surface area is 80.1 Å². The number of hydrogen-bond donors (Lipinski definition) is 2. The van der Waals surface area contributed by atoms with Gasteiger partial charge in [0.15, 0.2) is 0 Å². The summed E-state index contributed by atoms with van der Waals surface area (Å²) < 4.78 is 37.0. The first-order chi connectivity index (χ1) is 6.15. The van der Waals surface area contributed by atoms with Gasteiger partial charge in [0.05, 0.1) is 0 Å². The van der Waals surface area contributed by atoms with Crippen molar-refractivity contribution in [1.29, 1.82) is 0 Å². The first-order valence-electron chi connectivity index (χ1n) is 4.24. The average molecular weight is 213 g/mol. The van der Waals surface area contributed by atoms with Gasteiger partial charge in [-0.05, 0) is 12.3 Å². The van der Waals surface area contributed by atoms with E-state index in [2.05, 4.69) is 0 Å². The van der Waals surface area contributed by atoms with Gasteiger partial charge in [0, 0.05) is 0 Å². The molecule has 0 saturated carbocycles. The molecule has 0 rings (SSSR count). The number of alkyl halides is 3. The summed E-state index contributed by atoms with van der Waals surface area (Å²) in [5.41, 5.74) is 1.75. The van der Waals surface area contributed by atoms with Gasteiger partial charge >= 0.3 is 12.1 Å². The number of halogens is 3. The summed E-state index contributed by atoms with van der Waals surface area (Å²) in [7, 11) is 0. The highest BCUT2D eigenvalue weighted by Crippen LogP contribution is 2.34. The van der Waals surface area contributed by atoms with Crippen LogP contribution in [0.15, 0.2) is 0 Å². The first-order valence-corrected chi connectivity index (χ1v) is 4.24. The number of aliphatic carboxylic acids is 1. The number of nitrogens with two attached hydrogens (primary N) is 1. The Morgan fingerprint density at radius 1 is 1.50 bits per heavy atom. The fraction of sp³-hybridized carbons (Fsp3) is 0.875. The van der Waals surface area contributed by atoms with Crippen LogP contribution in [0.1, 0.15) is 26.7 Å². The summed E-state index contributed by atoms with van der Waals surface area (Å²) in [4.78, 5) is 10.5. The van der Waals surface area contributed by atoms with Crippen molar-refractivity contribution in [2.24, 2.45) is 11.7 Å². The van der Waals surface area contributed by atoms with Crippen molar-refractivity contribution in [3.05, 3.63) is 0 Å². The smallest absolute Gasteiger partial charge is 0.417 e. The Morgan fingerprint density at radius 2 is 1.93 bits per heavy atom. The van der Waals surface area contributed by atoms with Crippen molar-refractivity contribution in [3.8, 4) is 0 Å². The molecule has 2 unspecified atom stereocenters. The van der Waals surface area contributed by atoms with Gasteiger partial charge in [-0.1, -0.05) is 20.3 Å². The summed E-state index contributed by atoms with van der Waals surface area (Å²) >= 11 is 0. The second-order valence-electron chi connectivity index (χ2n) is 3.49. The second kappa shape index (κ2) is 4.16. The van der Waals surface area contributed by atoms with Crippen molar-refractivity contribution < 1.29 is 23.1 Å². The zero-order valence-corrected chi connectivity index (χ0v) is 8.06. The van der Waals surface area contributed by atoms with E-state index in [9.17, 15) is 18.0 Å². The third-order valence-corrected chi connectivity index (χ3v) is 2.25. The van der Waals surface area contributed by atoms with Crippen molar-refractivity contribution in [1.82, 2.24) is 0 Å². The molecule has 0 saturated heterocycles. The van der Waals surface area contributed by atoms with E-state index >= 15 is 0 Å². The predicted octanol–water partition coefficient (Wildman–Crippen LogP) is 1.77. The van der Waals surface area contributed by atoms with E-state index in [1.807, 2.05) is 0 Å². The molecule has 0 aliphatic carbocycles. The minimum atomic E-state index is -4.91. The van der Waals surface area contributed by atoms with E-state index in [0.29, 0.717) is 6.42 Å². The maximum absolute atomic E-state index is 12.3. The van der Waals surface area contributed by atoms with E-state index in [-0.39, 0.29) is 5.92 Å². The van der Waals surface area contributed by atoms with Crippen LogP contribution >= 0.6 is 0 Å². The van der Waals surface area contributed by atoms with E-state index in [1.54, 1.807) is 6.92 Å². The van der Waals surface area contributed by atoms with Crippen LogP contribution in [0.4, 0.5) is 13.2 Å². The van der Waals surface area contributed by atoms with E-state index in [4.69, 9.17) is 10.8 Å². The second-order valence-corrected chi connectivity index (χ2v) is 3.49. The van der Waals surface area contributed by atoms with Crippen LogP contribution in [0.5, 0.6) is 0 Å². The molecule has 0 spiro atoms. The molecular weight excluding hydrogens is 199 g/mol. The lowest BCUT2D eigenvalue weighted by Gasteiger charge is -2.29. The molecule has 0 aromatic carbocycles. The van der Waals surface area contributed by atoms with Gasteiger partial charge in [0.25, 0.3) is 0 Å². The SMILES string of the molecule is CCC(C)CC(N)(C(=O)O)C(F)(F)F. The van der Waals surface area contributed by atoms with Crippen LogP contribution < -0.4 is 5.73 Å². The minimum absolute atomic E-state index is 0.377. The van der Waals surface area contributed by atoms with E-state index in [0.717, 1.165) is 0 Å². The predicted molar refractivity (Wildman–Crippen MR) is 44.7 cm³/mol. The Balaban J connectivity index is 4.84. The van der Waals surface area contributed by atoms with Gasteiger partial charge in [-0.15, -0.1) is 0 Å². The Hall–Kier alpha value is -0.780. The highest BCUT2D eigenvalue weighted by molar-refractivity contribution is 5.79. The van der Waals surface area contributed by atoms with Gasteiger partial charge in [-0.25, -0.2) is 4.79 Å². The molecule has 0 aliphatic rings. The number of hydrogen-bond acceptors (Lipinski definition) is 2. The van der Waals surface area contributed by atoms with Crippen LogP contribution in [-0.4, -0.2) is 22.8 Å². The maximum atomic E-state index is 12.3. The molecule has 0 aromatic heterocycles. The standard InChI is InChI=1S/C8H14F3NO2/c1-3-5(2)4-7(12,6(13)14)8(9,10)11/h5H,3-4,12H2,1-2H3,(H,13,14). The molecule has 0 radical (unpaired) electrons.